The summed E-state index contributed by atoms with van der Waals surface area (Å²) in [5.74, 6) is 0.900. The molecule has 2 aliphatic heterocycles. The molecule has 0 bridgehead atoms. The Morgan fingerprint density at radius 2 is 2.11 bits per heavy atom. The van der Waals surface area contributed by atoms with Gasteiger partial charge in [0.2, 0.25) is 0 Å². The number of nitrogens with one attached hydrogen (secondary N) is 1. The first-order valence-corrected chi connectivity index (χ1v) is 7.71. The summed E-state index contributed by atoms with van der Waals surface area (Å²) in [5, 5.41) is 7.96. The number of hydrogen-bond donors (Lipinski definition) is 1. The van der Waals surface area contributed by atoms with Crippen LogP contribution >= 0.6 is 0 Å². The van der Waals surface area contributed by atoms with Crippen LogP contribution in [0.1, 0.15) is 44.3 Å². The summed E-state index contributed by atoms with van der Waals surface area (Å²) in [6.07, 6.45) is 7.36. The van der Waals surface area contributed by atoms with Gasteiger partial charge in [0.1, 0.15) is 0 Å². The minimum absolute atomic E-state index is 0.491. The Morgan fingerprint density at radius 1 is 1.32 bits per heavy atom. The molecule has 2 atom stereocenters. The smallest absolute Gasteiger partial charge is 0.0549 e. The number of rotatable bonds is 3. The summed E-state index contributed by atoms with van der Waals surface area (Å²) in [6.45, 7) is 6.01. The largest absolute Gasteiger partial charge is 0.314 e. The van der Waals surface area contributed by atoms with Gasteiger partial charge in [0.25, 0.3) is 0 Å². The average molecular weight is 262 g/mol. The zero-order valence-electron chi connectivity index (χ0n) is 12.2. The molecule has 1 aromatic heterocycles. The van der Waals surface area contributed by atoms with E-state index >= 15 is 0 Å². The molecule has 4 nitrogen and oxygen atoms in total. The molecule has 19 heavy (non-hydrogen) atoms. The zero-order valence-corrected chi connectivity index (χ0v) is 12.2. The third-order valence-corrected chi connectivity index (χ3v) is 5.08. The maximum Gasteiger partial charge on any atom is 0.0549 e. The first-order valence-electron chi connectivity index (χ1n) is 7.71. The van der Waals surface area contributed by atoms with Crippen molar-refractivity contribution in [1.29, 1.82) is 0 Å². The monoisotopic (exact) mass is 262 g/mol. The standard InChI is InChI=1S/C15H26N4/c1-12(15-5-9-17-18(15)2)19-10-6-13(7-11-19)14-4-3-8-16-14/h5,9,12-14,16H,3-4,6-8,10-11H2,1-2H3. The number of nitrogens with zero attached hydrogens (tertiary/aromatic N) is 3. The summed E-state index contributed by atoms with van der Waals surface area (Å²) in [7, 11) is 2.04. The Morgan fingerprint density at radius 3 is 2.68 bits per heavy atom. The summed E-state index contributed by atoms with van der Waals surface area (Å²) in [5.41, 5.74) is 1.33. The van der Waals surface area contributed by atoms with Crippen LogP contribution in [0.4, 0.5) is 0 Å². The van der Waals surface area contributed by atoms with Crippen LogP contribution < -0.4 is 5.32 Å². The lowest BCUT2D eigenvalue weighted by molar-refractivity contribution is 0.123. The van der Waals surface area contributed by atoms with Gasteiger partial charge in [-0.15, -0.1) is 0 Å². The second-order valence-corrected chi connectivity index (χ2v) is 6.13. The van der Waals surface area contributed by atoms with E-state index in [0.717, 1.165) is 12.0 Å². The average Bonchev–Trinajstić information content (AvgIpc) is 3.09. The van der Waals surface area contributed by atoms with Crippen molar-refractivity contribution in [3.05, 3.63) is 18.0 Å². The van der Waals surface area contributed by atoms with E-state index < -0.39 is 0 Å². The van der Waals surface area contributed by atoms with Gasteiger partial charge < -0.3 is 5.32 Å². The van der Waals surface area contributed by atoms with E-state index in [-0.39, 0.29) is 0 Å². The van der Waals surface area contributed by atoms with Gasteiger partial charge in [-0.1, -0.05) is 0 Å². The van der Waals surface area contributed by atoms with E-state index in [4.69, 9.17) is 0 Å². The van der Waals surface area contributed by atoms with Crippen molar-refractivity contribution in [2.24, 2.45) is 13.0 Å². The lowest BCUT2D eigenvalue weighted by atomic mass is 9.88. The fourth-order valence-electron chi connectivity index (χ4n) is 3.80. The first kappa shape index (κ1) is 13.1. The van der Waals surface area contributed by atoms with Crippen molar-refractivity contribution in [3.63, 3.8) is 0 Å². The van der Waals surface area contributed by atoms with Gasteiger partial charge in [-0.3, -0.25) is 9.58 Å². The Kier molecular flexibility index (Phi) is 3.89. The van der Waals surface area contributed by atoms with E-state index in [0.29, 0.717) is 6.04 Å². The van der Waals surface area contributed by atoms with Crippen molar-refractivity contribution >= 4 is 0 Å². The molecule has 0 spiro atoms. The highest BCUT2D eigenvalue weighted by molar-refractivity contribution is 5.06. The van der Waals surface area contributed by atoms with Crippen molar-refractivity contribution in [2.45, 2.75) is 44.7 Å². The highest BCUT2D eigenvalue weighted by atomic mass is 15.3. The molecule has 0 amide bonds. The van der Waals surface area contributed by atoms with Crippen molar-refractivity contribution in [1.82, 2.24) is 20.0 Å². The van der Waals surface area contributed by atoms with E-state index in [1.165, 1.54) is 51.0 Å². The maximum absolute atomic E-state index is 4.29. The molecule has 1 N–H and O–H groups in total. The molecule has 0 saturated carbocycles. The van der Waals surface area contributed by atoms with Gasteiger partial charge in [0.05, 0.1) is 5.69 Å². The Labute approximate surface area is 116 Å². The van der Waals surface area contributed by atoms with Crippen LogP contribution in [-0.2, 0) is 7.05 Å². The van der Waals surface area contributed by atoms with Gasteiger partial charge in [-0.05, 0) is 64.2 Å². The summed E-state index contributed by atoms with van der Waals surface area (Å²) < 4.78 is 2.01. The van der Waals surface area contributed by atoms with Crippen LogP contribution in [0, 0.1) is 5.92 Å². The molecule has 3 rings (SSSR count). The third-order valence-electron chi connectivity index (χ3n) is 5.08. The normalized spacial score (nSPS) is 27.8. The fraction of sp³-hybridized carbons (Fsp3) is 0.800. The molecule has 106 valence electrons. The molecule has 0 aliphatic carbocycles. The van der Waals surface area contributed by atoms with Crippen molar-refractivity contribution < 1.29 is 0 Å². The molecule has 1 aromatic rings. The summed E-state index contributed by atoms with van der Waals surface area (Å²) in [6, 6.07) is 3.44. The maximum atomic E-state index is 4.29. The Balaban J connectivity index is 1.56. The van der Waals surface area contributed by atoms with Crippen LogP contribution in [0.5, 0.6) is 0 Å². The van der Waals surface area contributed by atoms with Gasteiger partial charge >= 0.3 is 0 Å². The summed E-state index contributed by atoms with van der Waals surface area (Å²) >= 11 is 0. The second-order valence-electron chi connectivity index (χ2n) is 6.13. The molecule has 0 radical (unpaired) electrons. The molecule has 2 saturated heterocycles. The minimum Gasteiger partial charge on any atom is -0.314 e. The summed E-state index contributed by atoms with van der Waals surface area (Å²) in [4.78, 5) is 2.61. The predicted molar refractivity (Wildman–Crippen MR) is 76.9 cm³/mol. The lowest BCUT2D eigenvalue weighted by Gasteiger charge is -2.38. The van der Waals surface area contributed by atoms with Crippen LogP contribution in [0.3, 0.4) is 0 Å². The van der Waals surface area contributed by atoms with Crippen LogP contribution in [0.25, 0.3) is 0 Å². The number of aryl methyl sites for hydroxylation is 1. The van der Waals surface area contributed by atoms with Crippen LogP contribution in [0.2, 0.25) is 0 Å². The lowest BCUT2D eigenvalue weighted by Crippen LogP contribution is -2.42. The van der Waals surface area contributed by atoms with Crippen molar-refractivity contribution in [2.75, 3.05) is 19.6 Å². The van der Waals surface area contributed by atoms with E-state index in [2.05, 4.69) is 28.3 Å². The molecule has 2 aliphatic rings. The number of hydrogen-bond acceptors (Lipinski definition) is 3. The SMILES string of the molecule is CC(c1ccnn1C)N1CCC(C2CCCN2)CC1. The third kappa shape index (κ3) is 2.70. The van der Waals surface area contributed by atoms with E-state index in [1.54, 1.807) is 0 Å². The zero-order chi connectivity index (χ0) is 13.2. The molecule has 0 aromatic carbocycles. The predicted octanol–water partition coefficient (Wildman–Crippen LogP) is 1.95. The molecule has 2 unspecified atom stereocenters. The minimum atomic E-state index is 0.491. The van der Waals surface area contributed by atoms with Gasteiger partial charge in [-0.2, -0.15) is 5.10 Å². The van der Waals surface area contributed by atoms with E-state index in [1.807, 2.05) is 17.9 Å². The quantitative estimate of drug-likeness (QED) is 0.904. The van der Waals surface area contributed by atoms with Gasteiger partial charge in [0.15, 0.2) is 0 Å². The Hall–Kier alpha value is -0.870. The second kappa shape index (κ2) is 5.63. The van der Waals surface area contributed by atoms with Crippen LogP contribution in [0.15, 0.2) is 12.3 Å². The highest BCUT2D eigenvalue weighted by Gasteiger charge is 2.30. The molecular formula is C15H26N4. The number of piperidine rings is 1. The molecular weight excluding hydrogens is 236 g/mol. The Bertz CT molecular complexity index is 400. The first-order chi connectivity index (χ1) is 9.25. The number of aromatic nitrogens is 2. The molecule has 2 fully saturated rings. The van der Waals surface area contributed by atoms with Crippen LogP contribution in [-0.4, -0.2) is 40.4 Å². The topological polar surface area (TPSA) is 33.1 Å². The van der Waals surface area contributed by atoms with Gasteiger partial charge in [-0.25, -0.2) is 0 Å². The fourth-order valence-corrected chi connectivity index (χ4v) is 3.80. The molecule has 3 heterocycles. The van der Waals surface area contributed by atoms with Crippen molar-refractivity contribution in [3.8, 4) is 0 Å². The number of likely N-dealkylation sites (tertiary alicyclic amines) is 1. The van der Waals surface area contributed by atoms with Gasteiger partial charge in [0, 0.05) is 25.3 Å². The highest BCUT2D eigenvalue weighted by Crippen LogP contribution is 2.30. The van der Waals surface area contributed by atoms with E-state index in [9.17, 15) is 0 Å². The molecule has 4 heteroatoms.